The molecule has 1 aromatic rings. The maximum absolute atomic E-state index is 11.9. The SMILES string of the molecule is O=C(NC(=S)NCC1CCCO1)c1ccc(Br)cc1. The van der Waals surface area contributed by atoms with Crippen molar-refractivity contribution in [3.8, 4) is 0 Å². The molecule has 0 radical (unpaired) electrons. The summed E-state index contributed by atoms with van der Waals surface area (Å²) < 4.78 is 6.40. The molecule has 0 saturated carbocycles. The van der Waals surface area contributed by atoms with E-state index in [9.17, 15) is 4.79 Å². The summed E-state index contributed by atoms with van der Waals surface area (Å²) in [6.07, 6.45) is 2.32. The van der Waals surface area contributed by atoms with E-state index < -0.39 is 0 Å². The molecule has 1 aromatic carbocycles. The first-order valence-electron chi connectivity index (χ1n) is 6.11. The number of ether oxygens (including phenoxy) is 1. The molecule has 0 spiro atoms. The first-order chi connectivity index (χ1) is 9.15. The summed E-state index contributed by atoms with van der Waals surface area (Å²) >= 11 is 8.41. The zero-order valence-electron chi connectivity index (χ0n) is 10.3. The van der Waals surface area contributed by atoms with E-state index in [1.165, 1.54) is 0 Å². The number of rotatable bonds is 3. The molecule has 1 unspecified atom stereocenters. The molecule has 1 heterocycles. The lowest BCUT2D eigenvalue weighted by atomic mass is 10.2. The van der Waals surface area contributed by atoms with Gasteiger partial charge in [-0.15, -0.1) is 0 Å². The zero-order chi connectivity index (χ0) is 13.7. The topological polar surface area (TPSA) is 50.4 Å². The predicted octanol–water partition coefficient (Wildman–Crippen LogP) is 2.23. The van der Waals surface area contributed by atoms with Gasteiger partial charge in [-0.1, -0.05) is 15.9 Å². The second-order valence-corrected chi connectivity index (χ2v) is 5.63. The van der Waals surface area contributed by atoms with E-state index in [1.54, 1.807) is 12.1 Å². The minimum atomic E-state index is -0.211. The maximum atomic E-state index is 11.9. The Morgan fingerprint density at radius 3 is 2.79 bits per heavy atom. The van der Waals surface area contributed by atoms with Crippen molar-refractivity contribution in [3.63, 3.8) is 0 Å². The van der Waals surface area contributed by atoms with E-state index in [-0.39, 0.29) is 12.0 Å². The van der Waals surface area contributed by atoms with E-state index >= 15 is 0 Å². The lowest BCUT2D eigenvalue weighted by Crippen LogP contribution is -2.42. The average molecular weight is 343 g/mol. The van der Waals surface area contributed by atoms with Crippen molar-refractivity contribution >= 4 is 39.2 Å². The van der Waals surface area contributed by atoms with Crippen LogP contribution in [0.2, 0.25) is 0 Å². The van der Waals surface area contributed by atoms with Crippen LogP contribution in [0.3, 0.4) is 0 Å². The fourth-order valence-electron chi connectivity index (χ4n) is 1.83. The first kappa shape index (κ1) is 14.4. The summed E-state index contributed by atoms with van der Waals surface area (Å²) in [5, 5.41) is 5.99. The smallest absolute Gasteiger partial charge is 0.257 e. The number of hydrogen-bond acceptors (Lipinski definition) is 3. The molecule has 1 atom stereocenters. The summed E-state index contributed by atoms with van der Waals surface area (Å²) in [5.41, 5.74) is 0.574. The summed E-state index contributed by atoms with van der Waals surface area (Å²) in [5.74, 6) is -0.211. The summed E-state index contributed by atoms with van der Waals surface area (Å²) in [6, 6.07) is 7.11. The lowest BCUT2D eigenvalue weighted by molar-refractivity contribution is 0.0973. The van der Waals surface area contributed by atoms with Crippen LogP contribution < -0.4 is 10.6 Å². The van der Waals surface area contributed by atoms with Crippen LogP contribution >= 0.6 is 28.1 Å². The van der Waals surface area contributed by atoms with Gasteiger partial charge in [0.05, 0.1) is 6.10 Å². The van der Waals surface area contributed by atoms with Gasteiger partial charge in [-0.05, 0) is 49.3 Å². The van der Waals surface area contributed by atoms with Crippen molar-refractivity contribution in [1.29, 1.82) is 0 Å². The molecule has 1 aliphatic rings. The van der Waals surface area contributed by atoms with Crippen LogP contribution in [-0.4, -0.2) is 30.3 Å². The minimum Gasteiger partial charge on any atom is -0.376 e. The van der Waals surface area contributed by atoms with E-state index in [0.717, 1.165) is 23.9 Å². The Hall–Kier alpha value is -0.980. The van der Waals surface area contributed by atoms with Crippen molar-refractivity contribution < 1.29 is 9.53 Å². The minimum absolute atomic E-state index is 0.197. The summed E-state index contributed by atoms with van der Waals surface area (Å²) in [4.78, 5) is 11.9. The van der Waals surface area contributed by atoms with Crippen LogP contribution in [0, 0.1) is 0 Å². The van der Waals surface area contributed by atoms with E-state index in [1.807, 2.05) is 12.1 Å². The molecular formula is C13H15BrN2O2S. The normalized spacial score (nSPS) is 18.1. The monoisotopic (exact) mass is 342 g/mol. The third-order valence-electron chi connectivity index (χ3n) is 2.85. The number of carbonyl (C=O) groups is 1. The number of hydrogen-bond donors (Lipinski definition) is 2. The van der Waals surface area contributed by atoms with Gasteiger partial charge in [0, 0.05) is 23.2 Å². The van der Waals surface area contributed by atoms with Crippen LogP contribution in [0.15, 0.2) is 28.7 Å². The highest BCUT2D eigenvalue weighted by atomic mass is 79.9. The van der Waals surface area contributed by atoms with Crippen molar-refractivity contribution in [2.24, 2.45) is 0 Å². The Balaban J connectivity index is 1.77. The summed E-state index contributed by atoms with van der Waals surface area (Å²) in [7, 11) is 0. The largest absolute Gasteiger partial charge is 0.376 e. The van der Waals surface area contributed by atoms with Crippen molar-refractivity contribution in [3.05, 3.63) is 34.3 Å². The molecule has 19 heavy (non-hydrogen) atoms. The number of benzene rings is 1. The second kappa shape index (κ2) is 6.98. The Morgan fingerprint density at radius 1 is 1.42 bits per heavy atom. The van der Waals surface area contributed by atoms with Gasteiger partial charge in [-0.25, -0.2) is 0 Å². The molecule has 2 rings (SSSR count). The van der Waals surface area contributed by atoms with Gasteiger partial charge >= 0.3 is 0 Å². The Kier molecular flexibility index (Phi) is 5.30. The third kappa shape index (κ3) is 4.56. The van der Waals surface area contributed by atoms with Crippen molar-refractivity contribution in [2.45, 2.75) is 18.9 Å². The van der Waals surface area contributed by atoms with E-state index in [2.05, 4.69) is 26.6 Å². The zero-order valence-corrected chi connectivity index (χ0v) is 12.7. The quantitative estimate of drug-likeness (QED) is 0.827. The first-order valence-corrected chi connectivity index (χ1v) is 7.31. The highest BCUT2D eigenvalue weighted by molar-refractivity contribution is 9.10. The summed E-state index contributed by atoms with van der Waals surface area (Å²) in [6.45, 7) is 1.45. The molecule has 0 aromatic heterocycles. The van der Waals surface area contributed by atoms with Gasteiger partial charge in [0.15, 0.2) is 5.11 Å². The van der Waals surface area contributed by atoms with Crippen LogP contribution in [-0.2, 0) is 4.74 Å². The van der Waals surface area contributed by atoms with Gasteiger partial charge in [0.2, 0.25) is 0 Å². The molecule has 6 heteroatoms. The highest BCUT2D eigenvalue weighted by Gasteiger charge is 2.15. The van der Waals surface area contributed by atoms with E-state index in [0.29, 0.717) is 17.2 Å². The van der Waals surface area contributed by atoms with Gasteiger partial charge < -0.3 is 10.1 Å². The van der Waals surface area contributed by atoms with Gasteiger partial charge in [0.1, 0.15) is 0 Å². The third-order valence-corrected chi connectivity index (χ3v) is 3.62. The van der Waals surface area contributed by atoms with Gasteiger partial charge in [0.25, 0.3) is 5.91 Å². The number of halogens is 1. The van der Waals surface area contributed by atoms with Crippen molar-refractivity contribution in [1.82, 2.24) is 10.6 Å². The molecule has 0 bridgehead atoms. The molecule has 1 saturated heterocycles. The fraction of sp³-hybridized carbons (Fsp3) is 0.385. The Bertz CT molecular complexity index is 458. The van der Waals surface area contributed by atoms with Crippen molar-refractivity contribution in [2.75, 3.05) is 13.2 Å². The molecule has 1 aliphatic heterocycles. The molecule has 0 aliphatic carbocycles. The van der Waals surface area contributed by atoms with Gasteiger partial charge in [-0.3, -0.25) is 10.1 Å². The van der Waals surface area contributed by atoms with Gasteiger partial charge in [-0.2, -0.15) is 0 Å². The molecular weight excluding hydrogens is 328 g/mol. The highest BCUT2D eigenvalue weighted by Crippen LogP contribution is 2.11. The lowest BCUT2D eigenvalue weighted by Gasteiger charge is -2.13. The van der Waals surface area contributed by atoms with Crippen LogP contribution in [0.25, 0.3) is 0 Å². The Labute approximate surface area is 126 Å². The number of carbonyl (C=O) groups excluding carboxylic acids is 1. The van der Waals surface area contributed by atoms with Crippen LogP contribution in [0.5, 0.6) is 0 Å². The molecule has 102 valence electrons. The number of amides is 1. The average Bonchev–Trinajstić information content (AvgIpc) is 2.90. The Morgan fingerprint density at radius 2 is 2.16 bits per heavy atom. The number of nitrogens with one attached hydrogen (secondary N) is 2. The molecule has 1 fully saturated rings. The molecule has 4 nitrogen and oxygen atoms in total. The van der Waals surface area contributed by atoms with Crippen LogP contribution in [0.1, 0.15) is 23.2 Å². The predicted molar refractivity (Wildman–Crippen MR) is 81.2 cm³/mol. The van der Waals surface area contributed by atoms with E-state index in [4.69, 9.17) is 17.0 Å². The maximum Gasteiger partial charge on any atom is 0.257 e. The fourth-order valence-corrected chi connectivity index (χ4v) is 2.27. The standard InChI is InChI=1S/C13H15BrN2O2S/c14-10-5-3-9(4-6-10)12(17)16-13(19)15-8-11-2-1-7-18-11/h3-6,11H,1-2,7-8H2,(H2,15,16,17,19). The number of thiocarbonyl (C=S) groups is 1. The van der Waals surface area contributed by atoms with Crippen LogP contribution in [0.4, 0.5) is 0 Å². The molecule has 2 N–H and O–H groups in total. The second-order valence-electron chi connectivity index (χ2n) is 4.31. The molecule has 1 amide bonds.